The summed E-state index contributed by atoms with van der Waals surface area (Å²) in [4.78, 5) is 0. The van der Waals surface area contributed by atoms with Gasteiger partial charge in [-0.1, -0.05) is 0 Å². The summed E-state index contributed by atoms with van der Waals surface area (Å²) < 4.78 is 0. The molecule has 60 valence electrons. The van der Waals surface area contributed by atoms with Gasteiger partial charge in [0.15, 0.2) is 0 Å². The van der Waals surface area contributed by atoms with Crippen molar-refractivity contribution in [2.75, 3.05) is 18.6 Å². The van der Waals surface area contributed by atoms with E-state index >= 15 is 0 Å². The SMILES string of the molecule is CSC[C@@H](O)[C@@H]1CCCN1. The van der Waals surface area contributed by atoms with Crippen molar-refractivity contribution < 1.29 is 5.11 Å². The molecule has 2 atom stereocenters. The molecule has 0 aromatic carbocycles. The van der Waals surface area contributed by atoms with Gasteiger partial charge in [0.05, 0.1) is 6.10 Å². The van der Waals surface area contributed by atoms with Gasteiger partial charge in [-0.05, 0) is 25.6 Å². The van der Waals surface area contributed by atoms with Gasteiger partial charge in [-0.25, -0.2) is 0 Å². The van der Waals surface area contributed by atoms with E-state index in [0.29, 0.717) is 6.04 Å². The maximum absolute atomic E-state index is 9.47. The molecule has 1 aliphatic heterocycles. The van der Waals surface area contributed by atoms with Crippen LogP contribution in [0.4, 0.5) is 0 Å². The Morgan fingerprint density at radius 3 is 3.10 bits per heavy atom. The highest BCUT2D eigenvalue weighted by Gasteiger charge is 2.21. The summed E-state index contributed by atoms with van der Waals surface area (Å²) in [5.41, 5.74) is 0. The molecule has 0 bridgehead atoms. The lowest BCUT2D eigenvalue weighted by molar-refractivity contribution is 0.159. The second-order valence-corrected chi connectivity index (χ2v) is 3.64. The van der Waals surface area contributed by atoms with Crippen molar-refractivity contribution in [2.24, 2.45) is 0 Å². The molecule has 0 amide bonds. The van der Waals surface area contributed by atoms with E-state index in [1.54, 1.807) is 11.8 Å². The zero-order chi connectivity index (χ0) is 7.40. The average Bonchev–Trinajstić information content (AvgIpc) is 2.38. The molecule has 1 fully saturated rings. The largest absolute Gasteiger partial charge is 0.391 e. The van der Waals surface area contributed by atoms with E-state index in [1.807, 2.05) is 6.26 Å². The second kappa shape index (κ2) is 4.21. The van der Waals surface area contributed by atoms with Crippen LogP contribution in [-0.2, 0) is 0 Å². The number of aliphatic hydroxyl groups excluding tert-OH is 1. The predicted octanol–water partition coefficient (Wildman–Crippen LogP) is 0.462. The van der Waals surface area contributed by atoms with Crippen LogP contribution in [0, 0.1) is 0 Å². The van der Waals surface area contributed by atoms with Crippen LogP contribution >= 0.6 is 11.8 Å². The zero-order valence-electron chi connectivity index (χ0n) is 6.34. The van der Waals surface area contributed by atoms with Crippen LogP contribution in [0.3, 0.4) is 0 Å². The second-order valence-electron chi connectivity index (χ2n) is 2.73. The van der Waals surface area contributed by atoms with Gasteiger partial charge in [0.1, 0.15) is 0 Å². The number of rotatable bonds is 3. The molecule has 0 radical (unpaired) electrons. The molecular weight excluding hydrogens is 146 g/mol. The summed E-state index contributed by atoms with van der Waals surface area (Å²) in [6.45, 7) is 1.08. The normalized spacial score (nSPS) is 28.8. The lowest BCUT2D eigenvalue weighted by atomic mass is 10.1. The molecule has 10 heavy (non-hydrogen) atoms. The van der Waals surface area contributed by atoms with Crippen LogP contribution in [0.1, 0.15) is 12.8 Å². The van der Waals surface area contributed by atoms with Gasteiger partial charge in [-0.3, -0.25) is 0 Å². The summed E-state index contributed by atoms with van der Waals surface area (Å²) in [5.74, 6) is 0.859. The van der Waals surface area contributed by atoms with Crippen LogP contribution in [0.15, 0.2) is 0 Å². The monoisotopic (exact) mass is 161 g/mol. The topological polar surface area (TPSA) is 32.3 Å². The van der Waals surface area contributed by atoms with Gasteiger partial charge >= 0.3 is 0 Å². The Bertz CT molecular complexity index is 93.6. The molecule has 2 nitrogen and oxygen atoms in total. The zero-order valence-corrected chi connectivity index (χ0v) is 7.16. The predicted molar refractivity (Wildman–Crippen MR) is 45.4 cm³/mol. The fourth-order valence-corrected chi connectivity index (χ4v) is 1.90. The minimum absolute atomic E-state index is 0.141. The van der Waals surface area contributed by atoms with E-state index in [1.165, 1.54) is 6.42 Å². The lowest BCUT2D eigenvalue weighted by Gasteiger charge is -2.16. The highest BCUT2D eigenvalue weighted by molar-refractivity contribution is 7.98. The standard InChI is InChI=1S/C7H15NOS/c1-10-5-7(9)6-3-2-4-8-6/h6-9H,2-5H2,1H3/t6-,7+/m0/s1. The summed E-state index contributed by atoms with van der Waals surface area (Å²) in [7, 11) is 0. The minimum Gasteiger partial charge on any atom is -0.391 e. The van der Waals surface area contributed by atoms with E-state index < -0.39 is 0 Å². The first-order valence-electron chi connectivity index (χ1n) is 3.75. The lowest BCUT2D eigenvalue weighted by Crippen LogP contribution is -2.36. The third-order valence-corrected chi connectivity index (χ3v) is 2.58. The van der Waals surface area contributed by atoms with Crippen molar-refractivity contribution in [3.63, 3.8) is 0 Å². The summed E-state index contributed by atoms with van der Waals surface area (Å²) in [5, 5.41) is 12.7. The van der Waals surface area contributed by atoms with Crippen LogP contribution in [0.5, 0.6) is 0 Å². The van der Waals surface area contributed by atoms with Crippen molar-refractivity contribution in [3.05, 3.63) is 0 Å². The van der Waals surface area contributed by atoms with Gasteiger partial charge in [-0.2, -0.15) is 11.8 Å². The molecule has 0 saturated carbocycles. The van der Waals surface area contributed by atoms with Crippen LogP contribution < -0.4 is 5.32 Å². The third kappa shape index (κ3) is 2.15. The number of thioether (sulfide) groups is 1. The summed E-state index contributed by atoms with van der Waals surface area (Å²) in [6, 6.07) is 0.368. The first-order valence-corrected chi connectivity index (χ1v) is 5.14. The Morgan fingerprint density at radius 1 is 1.80 bits per heavy atom. The summed E-state index contributed by atoms with van der Waals surface area (Å²) >= 11 is 1.71. The highest BCUT2D eigenvalue weighted by Crippen LogP contribution is 2.11. The molecule has 1 rings (SSSR count). The molecule has 2 N–H and O–H groups in total. The Balaban J connectivity index is 2.18. The molecule has 0 aromatic heterocycles. The Morgan fingerprint density at radius 2 is 2.60 bits per heavy atom. The molecule has 1 saturated heterocycles. The van der Waals surface area contributed by atoms with Crippen molar-refractivity contribution in [2.45, 2.75) is 25.0 Å². The molecule has 0 aromatic rings. The van der Waals surface area contributed by atoms with E-state index in [0.717, 1.165) is 18.7 Å². The fourth-order valence-electron chi connectivity index (χ4n) is 1.33. The molecule has 0 aliphatic carbocycles. The molecule has 1 heterocycles. The van der Waals surface area contributed by atoms with E-state index in [9.17, 15) is 5.11 Å². The van der Waals surface area contributed by atoms with Gasteiger partial charge in [0, 0.05) is 11.8 Å². The van der Waals surface area contributed by atoms with Crippen LogP contribution in [-0.4, -0.2) is 35.8 Å². The van der Waals surface area contributed by atoms with Crippen molar-refractivity contribution >= 4 is 11.8 Å². The molecule has 3 heteroatoms. The van der Waals surface area contributed by atoms with Gasteiger partial charge in [-0.15, -0.1) is 0 Å². The van der Waals surface area contributed by atoms with Gasteiger partial charge in [0.25, 0.3) is 0 Å². The summed E-state index contributed by atoms with van der Waals surface area (Å²) in [6.07, 6.45) is 4.24. The quantitative estimate of drug-likeness (QED) is 0.631. The van der Waals surface area contributed by atoms with Gasteiger partial charge in [0.2, 0.25) is 0 Å². The maximum atomic E-state index is 9.47. The Hall–Kier alpha value is 0.270. The van der Waals surface area contributed by atoms with Crippen molar-refractivity contribution in [1.82, 2.24) is 5.32 Å². The molecule has 0 unspecified atom stereocenters. The van der Waals surface area contributed by atoms with E-state index in [2.05, 4.69) is 5.32 Å². The number of nitrogens with one attached hydrogen (secondary N) is 1. The fraction of sp³-hybridized carbons (Fsp3) is 1.00. The minimum atomic E-state index is -0.141. The Labute approximate surface area is 66.4 Å². The van der Waals surface area contributed by atoms with E-state index in [-0.39, 0.29) is 6.10 Å². The number of hydrogen-bond acceptors (Lipinski definition) is 3. The van der Waals surface area contributed by atoms with Crippen molar-refractivity contribution in [3.8, 4) is 0 Å². The molecule has 1 aliphatic rings. The number of hydrogen-bond donors (Lipinski definition) is 2. The first-order chi connectivity index (χ1) is 4.84. The van der Waals surface area contributed by atoms with Crippen LogP contribution in [0.25, 0.3) is 0 Å². The average molecular weight is 161 g/mol. The maximum Gasteiger partial charge on any atom is 0.0783 e. The Kier molecular flexibility index (Phi) is 3.52. The van der Waals surface area contributed by atoms with Gasteiger partial charge < -0.3 is 10.4 Å². The molecular formula is C7H15NOS. The highest BCUT2D eigenvalue weighted by atomic mass is 32.2. The smallest absolute Gasteiger partial charge is 0.0783 e. The first kappa shape index (κ1) is 8.37. The third-order valence-electron chi connectivity index (χ3n) is 1.90. The van der Waals surface area contributed by atoms with E-state index in [4.69, 9.17) is 0 Å². The van der Waals surface area contributed by atoms with Crippen LogP contribution in [0.2, 0.25) is 0 Å². The van der Waals surface area contributed by atoms with Crippen molar-refractivity contribution in [1.29, 1.82) is 0 Å². The number of aliphatic hydroxyl groups is 1. The molecule has 0 spiro atoms.